The van der Waals surface area contributed by atoms with Crippen LogP contribution in [0.15, 0.2) is 12.1 Å². The van der Waals surface area contributed by atoms with Gasteiger partial charge in [0.1, 0.15) is 0 Å². The zero-order chi connectivity index (χ0) is 14.8. The van der Waals surface area contributed by atoms with Crippen LogP contribution in [0.1, 0.15) is 31.7 Å². The molecule has 1 aromatic carbocycles. The number of carbonyl (C=O) groups excluding carboxylic acids is 1. The molecule has 5 nitrogen and oxygen atoms in total. The van der Waals surface area contributed by atoms with Gasteiger partial charge in [0.05, 0.1) is 17.5 Å². The second-order valence-corrected chi connectivity index (χ2v) is 5.78. The minimum atomic E-state index is 0.0871. The fourth-order valence-electron chi connectivity index (χ4n) is 3.24. The highest BCUT2D eigenvalue weighted by atomic mass is 16.5. The molecule has 114 valence electrons. The number of hydrogen-bond donors (Lipinski definition) is 2. The van der Waals surface area contributed by atoms with Crippen LogP contribution in [0.25, 0.3) is 0 Å². The van der Waals surface area contributed by atoms with Gasteiger partial charge >= 0.3 is 0 Å². The molecule has 1 aromatic rings. The van der Waals surface area contributed by atoms with Crippen molar-refractivity contribution in [2.45, 2.75) is 38.7 Å². The normalized spacial score (nSPS) is 21.9. The molecule has 0 spiro atoms. The van der Waals surface area contributed by atoms with E-state index in [1.54, 1.807) is 0 Å². The summed E-state index contributed by atoms with van der Waals surface area (Å²) >= 11 is 0. The van der Waals surface area contributed by atoms with Crippen LogP contribution in [0.2, 0.25) is 0 Å². The van der Waals surface area contributed by atoms with Gasteiger partial charge in [-0.3, -0.25) is 4.79 Å². The van der Waals surface area contributed by atoms with E-state index in [2.05, 4.69) is 10.2 Å². The molecule has 0 radical (unpaired) electrons. The monoisotopic (exact) mass is 289 g/mol. The van der Waals surface area contributed by atoms with Crippen LogP contribution in [-0.2, 0) is 16.0 Å². The number of piperidine rings is 1. The first-order valence-corrected chi connectivity index (χ1v) is 7.76. The standard InChI is InChI=1S/C16H23N3O2/c1-2-21-12-4-3-7-19(10-12)15-9-14-11(8-13(15)17)5-6-16(20)18-14/h8-9,12H,2-7,10,17H2,1H3,(H,18,20). The quantitative estimate of drug-likeness (QED) is 0.837. The van der Waals surface area contributed by atoms with Crippen molar-refractivity contribution in [3.05, 3.63) is 17.7 Å². The minimum absolute atomic E-state index is 0.0871. The number of carbonyl (C=O) groups is 1. The number of hydrogen-bond acceptors (Lipinski definition) is 4. The molecule has 3 N–H and O–H groups in total. The Morgan fingerprint density at radius 2 is 2.29 bits per heavy atom. The molecule has 1 saturated heterocycles. The topological polar surface area (TPSA) is 67.6 Å². The number of nitrogens with zero attached hydrogens (tertiary/aromatic N) is 1. The van der Waals surface area contributed by atoms with Gasteiger partial charge in [0.25, 0.3) is 0 Å². The minimum Gasteiger partial charge on any atom is -0.397 e. The Kier molecular flexibility index (Phi) is 4.01. The summed E-state index contributed by atoms with van der Waals surface area (Å²) in [6, 6.07) is 4.03. The molecule has 2 aliphatic heterocycles. The van der Waals surface area contributed by atoms with Crippen molar-refractivity contribution < 1.29 is 9.53 Å². The molecule has 2 aliphatic rings. The molecule has 2 heterocycles. The van der Waals surface area contributed by atoms with E-state index in [0.29, 0.717) is 6.42 Å². The summed E-state index contributed by atoms with van der Waals surface area (Å²) < 4.78 is 5.75. The van der Waals surface area contributed by atoms with E-state index < -0.39 is 0 Å². The number of rotatable bonds is 3. The second-order valence-electron chi connectivity index (χ2n) is 5.78. The summed E-state index contributed by atoms with van der Waals surface area (Å²) in [6.45, 7) is 4.63. The predicted octanol–water partition coefficient (Wildman–Crippen LogP) is 2.16. The van der Waals surface area contributed by atoms with E-state index in [1.807, 2.05) is 19.1 Å². The smallest absolute Gasteiger partial charge is 0.224 e. The van der Waals surface area contributed by atoms with Crippen LogP contribution in [0.4, 0.5) is 17.1 Å². The van der Waals surface area contributed by atoms with Gasteiger partial charge in [0.2, 0.25) is 5.91 Å². The van der Waals surface area contributed by atoms with E-state index in [4.69, 9.17) is 10.5 Å². The van der Waals surface area contributed by atoms with Crippen molar-refractivity contribution in [3.63, 3.8) is 0 Å². The summed E-state index contributed by atoms with van der Waals surface area (Å²) in [5, 5.41) is 2.95. The molecule has 1 amide bonds. The third-order valence-corrected chi connectivity index (χ3v) is 4.27. The SMILES string of the molecule is CCOC1CCCN(c2cc3c(cc2N)CCC(=O)N3)C1. The summed E-state index contributed by atoms with van der Waals surface area (Å²) in [6.07, 6.45) is 3.79. The first kappa shape index (κ1) is 14.2. The van der Waals surface area contributed by atoms with Gasteiger partial charge in [-0.05, 0) is 43.9 Å². The molecule has 0 aliphatic carbocycles. The van der Waals surface area contributed by atoms with Crippen LogP contribution in [-0.4, -0.2) is 31.7 Å². The zero-order valence-electron chi connectivity index (χ0n) is 12.5. The number of aryl methyl sites for hydroxylation is 1. The lowest BCUT2D eigenvalue weighted by Crippen LogP contribution is -2.40. The van der Waals surface area contributed by atoms with E-state index in [1.165, 1.54) is 0 Å². The van der Waals surface area contributed by atoms with E-state index in [0.717, 1.165) is 61.6 Å². The number of nitrogens with one attached hydrogen (secondary N) is 1. The lowest BCUT2D eigenvalue weighted by molar-refractivity contribution is -0.116. The first-order valence-electron chi connectivity index (χ1n) is 7.76. The second kappa shape index (κ2) is 5.93. The number of benzene rings is 1. The summed E-state index contributed by atoms with van der Waals surface area (Å²) in [7, 11) is 0. The van der Waals surface area contributed by atoms with Crippen molar-refractivity contribution in [2.75, 3.05) is 35.6 Å². The van der Waals surface area contributed by atoms with Crippen molar-refractivity contribution in [1.82, 2.24) is 0 Å². The molecule has 1 fully saturated rings. The molecule has 21 heavy (non-hydrogen) atoms. The molecule has 5 heteroatoms. The van der Waals surface area contributed by atoms with Crippen LogP contribution < -0.4 is 16.0 Å². The number of fused-ring (bicyclic) bond motifs is 1. The maximum atomic E-state index is 11.6. The predicted molar refractivity (Wildman–Crippen MR) is 84.7 cm³/mol. The van der Waals surface area contributed by atoms with Crippen molar-refractivity contribution >= 4 is 23.0 Å². The summed E-state index contributed by atoms with van der Waals surface area (Å²) in [5.74, 6) is 0.0871. The Labute approximate surface area is 125 Å². The van der Waals surface area contributed by atoms with Gasteiger partial charge in [-0.2, -0.15) is 0 Å². The van der Waals surface area contributed by atoms with Crippen molar-refractivity contribution in [2.24, 2.45) is 0 Å². The van der Waals surface area contributed by atoms with Crippen LogP contribution in [0.3, 0.4) is 0 Å². The summed E-state index contributed by atoms with van der Waals surface area (Å²) in [4.78, 5) is 13.8. The van der Waals surface area contributed by atoms with Gasteiger partial charge in [-0.25, -0.2) is 0 Å². The average Bonchev–Trinajstić information content (AvgIpc) is 2.48. The summed E-state index contributed by atoms with van der Waals surface area (Å²) in [5.41, 5.74) is 10.1. The fraction of sp³-hybridized carbons (Fsp3) is 0.562. The van der Waals surface area contributed by atoms with E-state index in [-0.39, 0.29) is 12.0 Å². The Bertz CT molecular complexity index is 543. The Hall–Kier alpha value is -1.75. The third-order valence-electron chi connectivity index (χ3n) is 4.27. The Balaban J connectivity index is 1.84. The highest BCUT2D eigenvalue weighted by molar-refractivity contribution is 5.95. The van der Waals surface area contributed by atoms with Crippen molar-refractivity contribution in [1.29, 1.82) is 0 Å². The van der Waals surface area contributed by atoms with Gasteiger partial charge in [0.15, 0.2) is 0 Å². The third kappa shape index (κ3) is 2.97. The number of nitrogens with two attached hydrogens (primary N) is 1. The molecule has 0 saturated carbocycles. The zero-order valence-corrected chi connectivity index (χ0v) is 12.5. The van der Waals surface area contributed by atoms with Gasteiger partial charge in [-0.1, -0.05) is 0 Å². The number of anilines is 3. The highest BCUT2D eigenvalue weighted by Gasteiger charge is 2.24. The molecule has 1 unspecified atom stereocenters. The Morgan fingerprint density at radius 1 is 1.43 bits per heavy atom. The van der Waals surface area contributed by atoms with Crippen LogP contribution >= 0.6 is 0 Å². The molecular weight excluding hydrogens is 266 g/mol. The van der Waals surface area contributed by atoms with E-state index >= 15 is 0 Å². The van der Waals surface area contributed by atoms with E-state index in [9.17, 15) is 4.79 Å². The van der Waals surface area contributed by atoms with Crippen molar-refractivity contribution in [3.8, 4) is 0 Å². The fourth-order valence-corrected chi connectivity index (χ4v) is 3.24. The molecule has 0 bridgehead atoms. The van der Waals surface area contributed by atoms with Crippen LogP contribution in [0, 0.1) is 0 Å². The number of amides is 1. The first-order chi connectivity index (χ1) is 10.2. The lowest BCUT2D eigenvalue weighted by Gasteiger charge is -2.35. The maximum Gasteiger partial charge on any atom is 0.224 e. The lowest BCUT2D eigenvalue weighted by atomic mass is 10.00. The molecule has 0 aromatic heterocycles. The van der Waals surface area contributed by atoms with Gasteiger partial charge < -0.3 is 20.7 Å². The maximum absolute atomic E-state index is 11.6. The average molecular weight is 289 g/mol. The van der Waals surface area contributed by atoms with Gasteiger partial charge in [0, 0.05) is 31.8 Å². The molecular formula is C16H23N3O2. The molecule has 1 atom stereocenters. The largest absolute Gasteiger partial charge is 0.397 e. The van der Waals surface area contributed by atoms with Gasteiger partial charge in [-0.15, -0.1) is 0 Å². The molecule has 3 rings (SSSR count). The highest BCUT2D eigenvalue weighted by Crippen LogP contribution is 2.34. The Morgan fingerprint density at radius 3 is 3.10 bits per heavy atom. The number of ether oxygens (including phenoxy) is 1. The van der Waals surface area contributed by atoms with Crippen LogP contribution in [0.5, 0.6) is 0 Å². The number of nitrogen functional groups attached to an aromatic ring is 1.